The van der Waals surface area contributed by atoms with Crippen LogP contribution < -0.4 is 0 Å². The predicted octanol–water partition coefficient (Wildman–Crippen LogP) is 0.756. The van der Waals surface area contributed by atoms with Crippen LogP contribution in [-0.4, -0.2) is 25.6 Å². The Morgan fingerprint density at radius 2 is 2.25 bits per heavy atom. The van der Waals surface area contributed by atoms with Crippen molar-refractivity contribution in [2.75, 3.05) is 5.75 Å². The molecule has 2 atom stereocenters. The van der Waals surface area contributed by atoms with Gasteiger partial charge in [-0.15, -0.1) is 0 Å². The summed E-state index contributed by atoms with van der Waals surface area (Å²) < 4.78 is 20.4. The van der Waals surface area contributed by atoms with Gasteiger partial charge in [-0.2, -0.15) is 0 Å². The van der Waals surface area contributed by atoms with Crippen molar-refractivity contribution in [2.24, 2.45) is 5.92 Å². The highest BCUT2D eigenvalue weighted by Gasteiger charge is 2.16. The first kappa shape index (κ1) is 11.6. The SMILES string of the molecule is CCCCC(CS(=O)[O-])C(=O)O. The van der Waals surface area contributed by atoms with Crippen molar-refractivity contribution < 1.29 is 18.7 Å². The third-order valence-corrected chi connectivity index (χ3v) is 2.27. The Morgan fingerprint density at radius 1 is 1.67 bits per heavy atom. The van der Waals surface area contributed by atoms with E-state index in [0.717, 1.165) is 12.8 Å². The third kappa shape index (κ3) is 5.26. The zero-order valence-electron chi connectivity index (χ0n) is 6.99. The summed E-state index contributed by atoms with van der Waals surface area (Å²) in [7, 11) is 0. The largest absolute Gasteiger partial charge is 0.772 e. The molecule has 0 amide bonds. The Labute approximate surface area is 74.3 Å². The lowest BCUT2D eigenvalue weighted by molar-refractivity contribution is -0.141. The molecule has 0 rings (SSSR count). The van der Waals surface area contributed by atoms with Crippen LogP contribution in [-0.2, 0) is 15.9 Å². The van der Waals surface area contributed by atoms with Gasteiger partial charge in [-0.3, -0.25) is 9.00 Å². The first-order chi connectivity index (χ1) is 5.57. The average Bonchev–Trinajstić information content (AvgIpc) is 1.96. The van der Waals surface area contributed by atoms with Gasteiger partial charge in [0.25, 0.3) is 0 Å². The molecular weight excluding hydrogens is 180 g/mol. The highest BCUT2D eigenvalue weighted by molar-refractivity contribution is 7.79. The van der Waals surface area contributed by atoms with E-state index < -0.39 is 23.0 Å². The molecule has 1 N–H and O–H groups in total. The first-order valence-electron chi connectivity index (χ1n) is 3.86. The fourth-order valence-electron chi connectivity index (χ4n) is 0.893. The molecule has 0 radical (unpaired) electrons. The van der Waals surface area contributed by atoms with Crippen LogP contribution in [0.3, 0.4) is 0 Å². The van der Waals surface area contributed by atoms with E-state index in [1.807, 2.05) is 6.92 Å². The lowest BCUT2D eigenvalue weighted by Crippen LogP contribution is -2.20. The van der Waals surface area contributed by atoms with Crippen molar-refractivity contribution in [3.05, 3.63) is 0 Å². The zero-order valence-corrected chi connectivity index (χ0v) is 7.80. The normalized spacial score (nSPS) is 15.5. The van der Waals surface area contributed by atoms with E-state index in [1.54, 1.807) is 0 Å². The predicted molar refractivity (Wildman–Crippen MR) is 44.4 cm³/mol. The average molecular weight is 193 g/mol. The lowest BCUT2D eigenvalue weighted by atomic mass is 10.1. The van der Waals surface area contributed by atoms with E-state index in [4.69, 9.17) is 5.11 Å². The summed E-state index contributed by atoms with van der Waals surface area (Å²) >= 11 is -2.25. The van der Waals surface area contributed by atoms with Gasteiger partial charge >= 0.3 is 5.97 Å². The number of rotatable bonds is 6. The highest BCUT2D eigenvalue weighted by Crippen LogP contribution is 2.09. The molecule has 0 aromatic carbocycles. The molecule has 0 bridgehead atoms. The molecule has 2 unspecified atom stereocenters. The van der Waals surface area contributed by atoms with Gasteiger partial charge < -0.3 is 9.66 Å². The minimum absolute atomic E-state index is 0.269. The van der Waals surface area contributed by atoms with Crippen molar-refractivity contribution in [3.8, 4) is 0 Å². The van der Waals surface area contributed by atoms with Crippen molar-refractivity contribution in [1.29, 1.82) is 0 Å². The smallest absolute Gasteiger partial charge is 0.307 e. The Hall–Kier alpha value is -0.420. The molecule has 72 valence electrons. The van der Waals surface area contributed by atoms with Crippen LogP contribution in [0.25, 0.3) is 0 Å². The minimum Gasteiger partial charge on any atom is -0.772 e. The van der Waals surface area contributed by atoms with Crippen LogP contribution in [0.5, 0.6) is 0 Å². The number of aliphatic carboxylic acids is 1. The maximum Gasteiger partial charge on any atom is 0.307 e. The van der Waals surface area contributed by atoms with Crippen LogP contribution in [0.1, 0.15) is 26.2 Å². The molecule has 0 aliphatic heterocycles. The number of carboxylic acid groups (broad SMARTS) is 1. The van der Waals surface area contributed by atoms with Crippen molar-refractivity contribution in [2.45, 2.75) is 26.2 Å². The van der Waals surface area contributed by atoms with Crippen LogP contribution in [0.4, 0.5) is 0 Å². The van der Waals surface area contributed by atoms with Crippen LogP contribution in [0, 0.1) is 5.92 Å². The van der Waals surface area contributed by atoms with Gasteiger partial charge in [0.15, 0.2) is 0 Å². The monoisotopic (exact) mass is 193 g/mol. The van der Waals surface area contributed by atoms with E-state index in [0.29, 0.717) is 6.42 Å². The van der Waals surface area contributed by atoms with Gasteiger partial charge in [0.2, 0.25) is 0 Å². The summed E-state index contributed by atoms with van der Waals surface area (Å²) in [5.74, 6) is -2.02. The Kier molecular flexibility index (Phi) is 5.92. The summed E-state index contributed by atoms with van der Waals surface area (Å²) in [5.41, 5.74) is 0. The van der Waals surface area contributed by atoms with E-state index in [2.05, 4.69) is 0 Å². The second-order valence-electron chi connectivity index (χ2n) is 2.65. The van der Waals surface area contributed by atoms with Gasteiger partial charge in [0.05, 0.1) is 5.92 Å². The molecule has 0 heterocycles. The van der Waals surface area contributed by atoms with Crippen LogP contribution in [0.15, 0.2) is 0 Å². The minimum atomic E-state index is -2.25. The molecule has 4 nitrogen and oxygen atoms in total. The van der Waals surface area contributed by atoms with Gasteiger partial charge in [-0.25, -0.2) is 0 Å². The quantitative estimate of drug-likeness (QED) is 0.631. The molecule has 5 heteroatoms. The molecule has 0 saturated carbocycles. The van der Waals surface area contributed by atoms with Crippen molar-refractivity contribution >= 4 is 17.0 Å². The molecule has 0 spiro atoms. The van der Waals surface area contributed by atoms with Gasteiger partial charge in [0, 0.05) is 5.75 Å². The third-order valence-electron chi connectivity index (χ3n) is 1.59. The summed E-state index contributed by atoms with van der Waals surface area (Å²) in [6, 6.07) is 0. The molecule has 0 aromatic heterocycles. The fourth-order valence-corrected chi connectivity index (χ4v) is 1.53. The topological polar surface area (TPSA) is 77.4 Å². The highest BCUT2D eigenvalue weighted by atomic mass is 32.2. The Morgan fingerprint density at radius 3 is 2.58 bits per heavy atom. The van der Waals surface area contributed by atoms with Gasteiger partial charge in [-0.1, -0.05) is 30.8 Å². The summed E-state index contributed by atoms with van der Waals surface area (Å²) in [4.78, 5) is 10.5. The van der Waals surface area contributed by atoms with Gasteiger partial charge in [0.1, 0.15) is 0 Å². The molecule has 0 aromatic rings. The second-order valence-corrected chi connectivity index (χ2v) is 3.59. The molecule has 0 fully saturated rings. The fraction of sp³-hybridized carbons (Fsp3) is 0.857. The standard InChI is InChI=1S/C7H14O4S/c1-2-3-4-6(7(8)9)5-12(10)11/h6H,2-5H2,1H3,(H,8,9)(H,10,11)/p-1. The summed E-state index contributed by atoms with van der Waals surface area (Å²) in [6.45, 7) is 1.94. The van der Waals surface area contributed by atoms with E-state index in [9.17, 15) is 13.6 Å². The van der Waals surface area contributed by atoms with Crippen LogP contribution in [0.2, 0.25) is 0 Å². The first-order valence-corrected chi connectivity index (χ1v) is 5.11. The lowest BCUT2D eigenvalue weighted by Gasteiger charge is -2.12. The van der Waals surface area contributed by atoms with E-state index >= 15 is 0 Å². The van der Waals surface area contributed by atoms with Crippen LogP contribution >= 0.6 is 0 Å². The maximum atomic E-state index is 10.5. The van der Waals surface area contributed by atoms with Crippen molar-refractivity contribution in [1.82, 2.24) is 0 Å². The van der Waals surface area contributed by atoms with Gasteiger partial charge in [-0.05, 0) is 6.42 Å². The number of carboxylic acids is 1. The maximum absolute atomic E-state index is 10.5. The van der Waals surface area contributed by atoms with E-state index in [-0.39, 0.29) is 5.75 Å². The molecular formula is C7H13O4S-. The number of hydrogen-bond acceptors (Lipinski definition) is 3. The van der Waals surface area contributed by atoms with E-state index in [1.165, 1.54) is 0 Å². The van der Waals surface area contributed by atoms with Crippen molar-refractivity contribution in [3.63, 3.8) is 0 Å². The Bertz CT molecular complexity index is 169. The molecule has 0 saturated heterocycles. The molecule has 0 aliphatic carbocycles. The molecule has 12 heavy (non-hydrogen) atoms. The summed E-state index contributed by atoms with van der Waals surface area (Å²) in [6.07, 6.45) is 2.09. The number of unbranched alkanes of at least 4 members (excludes halogenated alkanes) is 1. The number of hydrogen-bond donors (Lipinski definition) is 1. The Balaban J connectivity index is 3.87. The molecule has 0 aliphatic rings. The second kappa shape index (κ2) is 6.14. The number of carbonyl (C=O) groups is 1. The zero-order chi connectivity index (χ0) is 9.56. The summed E-state index contributed by atoms with van der Waals surface area (Å²) in [5, 5.41) is 8.58.